The summed E-state index contributed by atoms with van der Waals surface area (Å²) in [4.78, 5) is 28.4. The lowest BCUT2D eigenvalue weighted by molar-refractivity contribution is -0.124. The zero-order valence-corrected chi connectivity index (χ0v) is 16.3. The molecule has 0 unspecified atom stereocenters. The number of benzene rings is 2. The molecule has 6 nitrogen and oxygen atoms in total. The van der Waals surface area contributed by atoms with Gasteiger partial charge < -0.3 is 10.6 Å². The van der Waals surface area contributed by atoms with Gasteiger partial charge in [0.25, 0.3) is 0 Å². The first-order valence-corrected chi connectivity index (χ1v) is 9.62. The smallest absolute Gasteiger partial charge is 0.222 e. The van der Waals surface area contributed by atoms with Crippen LogP contribution < -0.4 is 10.6 Å². The standard InChI is InChI=1S/C22H26N4O2/c1-16(2)22(28)24-15-14-23-21(27)13-12-20-25-18-10-6-7-11-19(18)26(20)17-8-4-3-5-9-17/h3-11,16H,12-15H2,1-2H3,(H,23,27)(H,24,28). The minimum absolute atomic E-state index is 0.00849. The third kappa shape index (κ3) is 4.76. The van der Waals surface area contributed by atoms with E-state index in [0.717, 1.165) is 22.5 Å². The Hall–Kier alpha value is -3.15. The highest BCUT2D eigenvalue weighted by Crippen LogP contribution is 2.22. The van der Waals surface area contributed by atoms with Gasteiger partial charge in [-0.2, -0.15) is 0 Å². The number of hydrogen-bond acceptors (Lipinski definition) is 3. The summed E-state index contributed by atoms with van der Waals surface area (Å²) in [5.41, 5.74) is 2.97. The van der Waals surface area contributed by atoms with Crippen LogP contribution in [0.4, 0.5) is 0 Å². The maximum Gasteiger partial charge on any atom is 0.222 e. The molecule has 28 heavy (non-hydrogen) atoms. The Morgan fingerprint density at radius 3 is 2.39 bits per heavy atom. The molecule has 1 aromatic heterocycles. The van der Waals surface area contributed by atoms with Crippen LogP contribution in [0.15, 0.2) is 54.6 Å². The minimum Gasteiger partial charge on any atom is -0.354 e. The number of hydrogen-bond donors (Lipinski definition) is 2. The summed E-state index contributed by atoms with van der Waals surface area (Å²) in [5.74, 6) is 0.744. The van der Waals surface area contributed by atoms with Crippen molar-refractivity contribution in [2.24, 2.45) is 5.92 Å². The van der Waals surface area contributed by atoms with Gasteiger partial charge in [0.15, 0.2) is 0 Å². The first-order chi connectivity index (χ1) is 13.6. The first-order valence-electron chi connectivity index (χ1n) is 9.62. The summed E-state index contributed by atoms with van der Waals surface area (Å²) >= 11 is 0. The number of carbonyl (C=O) groups is 2. The number of aryl methyl sites for hydroxylation is 1. The molecule has 146 valence electrons. The number of para-hydroxylation sites is 3. The summed E-state index contributed by atoms with van der Waals surface area (Å²) in [6.07, 6.45) is 0.877. The predicted molar refractivity (Wildman–Crippen MR) is 110 cm³/mol. The number of imidazole rings is 1. The maximum absolute atomic E-state index is 12.2. The summed E-state index contributed by atoms with van der Waals surface area (Å²) in [6.45, 7) is 4.54. The van der Waals surface area contributed by atoms with Gasteiger partial charge in [-0.3, -0.25) is 14.2 Å². The van der Waals surface area contributed by atoms with E-state index in [9.17, 15) is 9.59 Å². The Morgan fingerprint density at radius 1 is 0.964 bits per heavy atom. The highest BCUT2D eigenvalue weighted by molar-refractivity contribution is 5.80. The van der Waals surface area contributed by atoms with Gasteiger partial charge in [0.2, 0.25) is 11.8 Å². The number of amides is 2. The Bertz CT molecular complexity index is 948. The topological polar surface area (TPSA) is 76.0 Å². The molecule has 0 radical (unpaired) electrons. The molecule has 2 amide bonds. The molecule has 3 aromatic rings. The van der Waals surface area contributed by atoms with Crippen LogP contribution in [-0.2, 0) is 16.0 Å². The molecule has 6 heteroatoms. The van der Waals surface area contributed by atoms with Crippen LogP contribution in [0.25, 0.3) is 16.7 Å². The van der Waals surface area contributed by atoms with Gasteiger partial charge in [-0.25, -0.2) is 4.98 Å². The quantitative estimate of drug-likeness (QED) is 0.592. The lowest BCUT2D eigenvalue weighted by Crippen LogP contribution is -2.36. The first kappa shape index (κ1) is 19.6. The summed E-state index contributed by atoms with van der Waals surface area (Å²) in [5, 5.41) is 5.64. The minimum atomic E-state index is -0.0540. The number of rotatable bonds is 8. The zero-order chi connectivity index (χ0) is 19.9. The van der Waals surface area contributed by atoms with Crippen LogP contribution >= 0.6 is 0 Å². The predicted octanol–water partition coefficient (Wildman–Crippen LogP) is 2.85. The molecule has 2 N–H and O–H groups in total. The van der Waals surface area contributed by atoms with E-state index in [-0.39, 0.29) is 17.7 Å². The van der Waals surface area contributed by atoms with Gasteiger partial charge in [0, 0.05) is 37.5 Å². The zero-order valence-electron chi connectivity index (χ0n) is 16.3. The van der Waals surface area contributed by atoms with Crippen molar-refractivity contribution < 1.29 is 9.59 Å². The highest BCUT2D eigenvalue weighted by atomic mass is 16.2. The molecule has 3 rings (SSSR count). The summed E-state index contributed by atoms with van der Waals surface area (Å²) in [7, 11) is 0. The van der Waals surface area contributed by atoms with Crippen LogP contribution in [0.2, 0.25) is 0 Å². The molecule has 0 spiro atoms. The average Bonchev–Trinajstić information content (AvgIpc) is 3.08. The van der Waals surface area contributed by atoms with Gasteiger partial charge in [-0.1, -0.05) is 44.2 Å². The number of carbonyl (C=O) groups excluding carboxylic acids is 2. The van der Waals surface area contributed by atoms with E-state index in [0.29, 0.717) is 25.9 Å². The van der Waals surface area contributed by atoms with Gasteiger partial charge in [0.05, 0.1) is 11.0 Å². The highest BCUT2D eigenvalue weighted by Gasteiger charge is 2.13. The SMILES string of the molecule is CC(C)C(=O)NCCNC(=O)CCc1nc2ccccc2n1-c1ccccc1. The van der Waals surface area contributed by atoms with Crippen molar-refractivity contribution in [3.05, 3.63) is 60.4 Å². The third-order valence-corrected chi connectivity index (χ3v) is 4.49. The second kappa shape index (κ2) is 9.17. The van der Waals surface area contributed by atoms with Crippen LogP contribution in [0.5, 0.6) is 0 Å². The fourth-order valence-corrected chi connectivity index (χ4v) is 3.01. The second-order valence-corrected chi connectivity index (χ2v) is 6.98. The third-order valence-electron chi connectivity index (χ3n) is 4.49. The van der Waals surface area contributed by atoms with Gasteiger partial charge in [-0.05, 0) is 24.3 Å². The van der Waals surface area contributed by atoms with Gasteiger partial charge in [0.1, 0.15) is 5.82 Å². The normalized spacial score (nSPS) is 11.0. The lowest BCUT2D eigenvalue weighted by atomic mass is 10.2. The molecular formula is C22H26N4O2. The maximum atomic E-state index is 12.2. The lowest BCUT2D eigenvalue weighted by Gasteiger charge is -2.10. The Kier molecular flexibility index (Phi) is 6.42. The van der Waals surface area contributed by atoms with E-state index in [2.05, 4.69) is 15.2 Å². The fraction of sp³-hybridized carbons (Fsp3) is 0.318. The van der Waals surface area contributed by atoms with E-state index in [1.807, 2.05) is 68.4 Å². The van der Waals surface area contributed by atoms with Gasteiger partial charge >= 0.3 is 0 Å². The van der Waals surface area contributed by atoms with Crippen molar-refractivity contribution in [3.8, 4) is 5.69 Å². The molecule has 0 saturated carbocycles. The van der Waals surface area contributed by atoms with Crippen LogP contribution in [0.1, 0.15) is 26.1 Å². The molecule has 1 heterocycles. The van der Waals surface area contributed by atoms with Crippen molar-refractivity contribution in [2.75, 3.05) is 13.1 Å². The molecule has 2 aromatic carbocycles. The summed E-state index contributed by atoms with van der Waals surface area (Å²) in [6, 6.07) is 18.0. The fourth-order valence-electron chi connectivity index (χ4n) is 3.01. The Balaban J connectivity index is 1.63. The second-order valence-electron chi connectivity index (χ2n) is 6.98. The van der Waals surface area contributed by atoms with E-state index < -0.39 is 0 Å². The van der Waals surface area contributed by atoms with E-state index in [4.69, 9.17) is 4.98 Å². The molecule has 0 fully saturated rings. The molecule has 0 bridgehead atoms. The average molecular weight is 378 g/mol. The van der Waals surface area contributed by atoms with Crippen LogP contribution in [0, 0.1) is 5.92 Å². The molecule has 0 atom stereocenters. The largest absolute Gasteiger partial charge is 0.354 e. The Labute approximate surface area is 165 Å². The van der Waals surface area contributed by atoms with E-state index >= 15 is 0 Å². The number of nitrogens with one attached hydrogen (secondary N) is 2. The van der Waals surface area contributed by atoms with Crippen molar-refractivity contribution in [2.45, 2.75) is 26.7 Å². The molecule has 0 saturated heterocycles. The molecule has 0 aliphatic heterocycles. The van der Waals surface area contributed by atoms with E-state index in [1.54, 1.807) is 0 Å². The molecule has 0 aliphatic carbocycles. The van der Waals surface area contributed by atoms with Crippen molar-refractivity contribution in [1.29, 1.82) is 0 Å². The van der Waals surface area contributed by atoms with Crippen molar-refractivity contribution in [1.82, 2.24) is 20.2 Å². The van der Waals surface area contributed by atoms with Gasteiger partial charge in [-0.15, -0.1) is 0 Å². The summed E-state index contributed by atoms with van der Waals surface area (Å²) < 4.78 is 2.10. The van der Waals surface area contributed by atoms with Crippen LogP contribution in [-0.4, -0.2) is 34.5 Å². The Morgan fingerprint density at radius 2 is 1.64 bits per heavy atom. The number of aromatic nitrogens is 2. The van der Waals surface area contributed by atoms with Crippen molar-refractivity contribution >= 4 is 22.8 Å². The number of nitrogens with zero attached hydrogens (tertiary/aromatic N) is 2. The van der Waals surface area contributed by atoms with E-state index in [1.165, 1.54) is 0 Å². The van der Waals surface area contributed by atoms with Crippen molar-refractivity contribution in [3.63, 3.8) is 0 Å². The molecule has 0 aliphatic rings. The molecular weight excluding hydrogens is 352 g/mol. The monoisotopic (exact) mass is 378 g/mol. The van der Waals surface area contributed by atoms with Crippen LogP contribution in [0.3, 0.4) is 0 Å². The number of fused-ring (bicyclic) bond motifs is 1.